The van der Waals surface area contributed by atoms with Crippen LogP contribution in [0, 0.1) is 11.2 Å². The van der Waals surface area contributed by atoms with Gasteiger partial charge in [0.25, 0.3) is 0 Å². The Kier molecular flexibility index (Phi) is 3.91. The van der Waals surface area contributed by atoms with Gasteiger partial charge >= 0.3 is 5.97 Å². The number of rotatable bonds is 3. The number of aliphatic carboxylic acids is 1. The van der Waals surface area contributed by atoms with E-state index in [-0.39, 0.29) is 11.4 Å². The molecule has 2 rings (SSSR count). The van der Waals surface area contributed by atoms with E-state index in [1.807, 2.05) is 0 Å². The van der Waals surface area contributed by atoms with E-state index in [0.29, 0.717) is 18.4 Å². The average molecular weight is 271 g/mol. The van der Waals surface area contributed by atoms with Crippen LogP contribution in [0.2, 0.25) is 5.02 Å². The zero-order chi connectivity index (χ0) is 13.2. The molecule has 0 heterocycles. The summed E-state index contributed by atoms with van der Waals surface area (Å²) in [4.78, 5) is 11.5. The molecule has 2 nitrogen and oxygen atoms in total. The molecule has 0 spiro atoms. The zero-order valence-electron chi connectivity index (χ0n) is 10.1. The van der Waals surface area contributed by atoms with Gasteiger partial charge in [-0.15, -0.1) is 0 Å². The van der Waals surface area contributed by atoms with Crippen molar-refractivity contribution in [1.82, 2.24) is 0 Å². The second kappa shape index (κ2) is 5.27. The maximum Gasteiger partial charge on any atom is 0.309 e. The molecule has 0 aromatic heterocycles. The SMILES string of the molecule is O=C(O)C1(Cc2cccc(Cl)c2F)CCCCC1. The summed E-state index contributed by atoms with van der Waals surface area (Å²) in [5, 5.41) is 9.51. The number of benzene rings is 1. The van der Waals surface area contributed by atoms with Gasteiger partial charge in [0.2, 0.25) is 0 Å². The average Bonchev–Trinajstić information content (AvgIpc) is 2.36. The van der Waals surface area contributed by atoms with E-state index >= 15 is 0 Å². The van der Waals surface area contributed by atoms with Crippen molar-refractivity contribution in [2.45, 2.75) is 38.5 Å². The van der Waals surface area contributed by atoms with Crippen molar-refractivity contribution in [2.75, 3.05) is 0 Å². The fourth-order valence-corrected chi connectivity index (χ4v) is 2.94. The number of hydrogen-bond donors (Lipinski definition) is 1. The van der Waals surface area contributed by atoms with Crippen LogP contribution in [0.1, 0.15) is 37.7 Å². The van der Waals surface area contributed by atoms with Gasteiger partial charge in [-0.05, 0) is 30.9 Å². The molecule has 0 aliphatic heterocycles. The minimum atomic E-state index is -0.818. The molecular formula is C14H16ClFO2. The zero-order valence-corrected chi connectivity index (χ0v) is 10.8. The Bertz CT molecular complexity index is 453. The number of carboxylic acids is 1. The summed E-state index contributed by atoms with van der Waals surface area (Å²) in [6.07, 6.45) is 4.33. The maximum atomic E-state index is 13.9. The van der Waals surface area contributed by atoms with Gasteiger partial charge in [0.1, 0.15) is 5.82 Å². The smallest absolute Gasteiger partial charge is 0.309 e. The Morgan fingerprint density at radius 1 is 1.33 bits per heavy atom. The van der Waals surface area contributed by atoms with Gasteiger partial charge in [-0.1, -0.05) is 43.0 Å². The number of hydrogen-bond acceptors (Lipinski definition) is 1. The molecule has 4 heteroatoms. The quantitative estimate of drug-likeness (QED) is 0.899. The lowest BCUT2D eigenvalue weighted by atomic mass is 9.70. The highest BCUT2D eigenvalue weighted by molar-refractivity contribution is 6.30. The van der Waals surface area contributed by atoms with E-state index in [1.165, 1.54) is 6.07 Å². The molecule has 0 amide bonds. The first-order valence-electron chi connectivity index (χ1n) is 6.21. The van der Waals surface area contributed by atoms with Gasteiger partial charge < -0.3 is 5.11 Å². The van der Waals surface area contributed by atoms with Crippen LogP contribution in [0.25, 0.3) is 0 Å². The highest BCUT2D eigenvalue weighted by Gasteiger charge is 2.40. The summed E-state index contributed by atoms with van der Waals surface area (Å²) in [6.45, 7) is 0. The van der Waals surface area contributed by atoms with Crippen LogP contribution in [0.4, 0.5) is 4.39 Å². The molecule has 18 heavy (non-hydrogen) atoms. The molecule has 1 aromatic rings. The van der Waals surface area contributed by atoms with Crippen LogP contribution in [0.15, 0.2) is 18.2 Å². The van der Waals surface area contributed by atoms with Crippen LogP contribution in [0.3, 0.4) is 0 Å². The number of halogens is 2. The third kappa shape index (κ3) is 2.51. The molecule has 1 saturated carbocycles. The summed E-state index contributed by atoms with van der Waals surface area (Å²) in [5.74, 6) is -1.30. The molecule has 1 aromatic carbocycles. The number of carbonyl (C=O) groups is 1. The first-order valence-corrected chi connectivity index (χ1v) is 6.59. The monoisotopic (exact) mass is 270 g/mol. The minimum absolute atomic E-state index is 0.0591. The fraction of sp³-hybridized carbons (Fsp3) is 0.500. The molecule has 0 bridgehead atoms. The second-order valence-electron chi connectivity index (χ2n) is 5.04. The van der Waals surface area contributed by atoms with Gasteiger partial charge in [0.15, 0.2) is 0 Å². The third-order valence-corrected chi connectivity index (χ3v) is 4.12. The summed E-state index contributed by atoms with van der Waals surface area (Å²) in [7, 11) is 0. The van der Waals surface area contributed by atoms with Gasteiger partial charge in [-0.3, -0.25) is 4.79 Å². The van der Waals surface area contributed by atoms with Crippen LogP contribution >= 0.6 is 11.6 Å². The molecule has 0 saturated heterocycles. The Morgan fingerprint density at radius 2 is 2.00 bits per heavy atom. The van der Waals surface area contributed by atoms with Crippen LogP contribution in [0.5, 0.6) is 0 Å². The fourth-order valence-electron chi connectivity index (χ4n) is 2.74. The maximum absolute atomic E-state index is 13.9. The molecule has 0 atom stereocenters. The first kappa shape index (κ1) is 13.3. The largest absolute Gasteiger partial charge is 0.481 e. The predicted octanol–water partition coefficient (Wildman–Crippen LogP) is 4.06. The van der Waals surface area contributed by atoms with E-state index < -0.39 is 17.2 Å². The Hall–Kier alpha value is -1.09. The van der Waals surface area contributed by atoms with Gasteiger partial charge in [-0.2, -0.15) is 0 Å². The van der Waals surface area contributed by atoms with Crippen molar-refractivity contribution in [3.63, 3.8) is 0 Å². The Labute approximate surface area is 111 Å². The van der Waals surface area contributed by atoms with Crippen LogP contribution in [-0.4, -0.2) is 11.1 Å². The van der Waals surface area contributed by atoms with E-state index in [1.54, 1.807) is 12.1 Å². The second-order valence-corrected chi connectivity index (χ2v) is 5.44. The summed E-state index contributed by atoms with van der Waals surface area (Å²) < 4.78 is 13.9. The van der Waals surface area contributed by atoms with Gasteiger partial charge in [0, 0.05) is 0 Å². The van der Waals surface area contributed by atoms with E-state index in [2.05, 4.69) is 0 Å². The predicted molar refractivity (Wildman–Crippen MR) is 68.3 cm³/mol. The lowest BCUT2D eigenvalue weighted by Gasteiger charge is -2.33. The van der Waals surface area contributed by atoms with Crippen LogP contribution < -0.4 is 0 Å². The highest BCUT2D eigenvalue weighted by atomic mass is 35.5. The van der Waals surface area contributed by atoms with Crippen molar-refractivity contribution in [3.8, 4) is 0 Å². The molecular weight excluding hydrogens is 255 g/mol. The summed E-state index contributed by atoms with van der Waals surface area (Å²) >= 11 is 5.73. The molecule has 0 radical (unpaired) electrons. The lowest BCUT2D eigenvalue weighted by Crippen LogP contribution is -2.35. The molecule has 1 N–H and O–H groups in total. The molecule has 1 aliphatic carbocycles. The van der Waals surface area contributed by atoms with Gasteiger partial charge in [-0.25, -0.2) is 4.39 Å². The van der Waals surface area contributed by atoms with Crippen LogP contribution in [-0.2, 0) is 11.2 Å². The number of carboxylic acid groups (broad SMARTS) is 1. The van der Waals surface area contributed by atoms with E-state index in [0.717, 1.165) is 19.3 Å². The molecule has 1 fully saturated rings. The third-order valence-electron chi connectivity index (χ3n) is 3.82. The van der Waals surface area contributed by atoms with Crippen molar-refractivity contribution < 1.29 is 14.3 Å². The Morgan fingerprint density at radius 3 is 2.61 bits per heavy atom. The lowest BCUT2D eigenvalue weighted by molar-refractivity contribution is -0.151. The standard InChI is InChI=1S/C14H16ClFO2/c15-11-6-4-5-10(12(11)16)9-14(13(17)18)7-2-1-3-8-14/h4-6H,1-3,7-9H2,(H,17,18). The van der Waals surface area contributed by atoms with Crippen molar-refractivity contribution in [3.05, 3.63) is 34.6 Å². The van der Waals surface area contributed by atoms with E-state index in [9.17, 15) is 14.3 Å². The van der Waals surface area contributed by atoms with Crippen molar-refractivity contribution in [2.24, 2.45) is 5.41 Å². The summed E-state index contributed by atoms with van der Waals surface area (Å²) in [5.41, 5.74) is -0.407. The van der Waals surface area contributed by atoms with Crippen molar-refractivity contribution in [1.29, 1.82) is 0 Å². The Balaban J connectivity index is 2.29. The van der Waals surface area contributed by atoms with Crippen molar-refractivity contribution >= 4 is 17.6 Å². The molecule has 98 valence electrons. The molecule has 1 aliphatic rings. The normalized spacial score (nSPS) is 18.6. The first-order chi connectivity index (χ1) is 8.55. The van der Waals surface area contributed by atoms with Gasteiger partial charge in [0.05, 0.1) is 10.4 Å². The molecule has 0 unspecified atom stereocenters. The van der Waals surface area contributed by atoms with E-state index in [4.69, 9.17) is 11.6 Å². The summed E-state index contributed by atoms with van der Waals surface area (Å²) in [6, 6.07) is 4.77. The highest BCUT2D eigenvalue weighted by Crippen LogP contribution is 2.40. The topological polar surface area (TPSA) is 37.3 Å². The minimum Gasteiger partial charge on any atom is -0.481 e.